The molecular weight excluding hydrogens is 375 g/mol. The van der Waals surface area contributed by atoms with Crippen LogP contribution in [0, 0.1) is 0 Å². The van der Waals surface area contributed by atoms with Gasteiger partial charge >= 0.3 is 29.6 Å². The van der Waals surface area contributed by atoms with E-state index in [0.29, 0.717) is 12.0 Å². The van der Waals surface area contributed by atoms with Gasteiger partial charge < -0.3 is 9.84 Å². The average Bonchev–Trinajstić information content (AvgIpc) is 2.57. The molecule has 0 aliphatic rings. The molecule has 0 saturated carbocycles. The van der Waals surface area contributed by atoms with Crippen molar-refractivity contribution >= 4 is 10.1 Å². The molecule has 1 N–H and O–H groups in total. The van der Waals surface area contributed by atoms with Crippen molar-refractivity contribution in [3.05, 3.63) is 48.0 Å². The quantitative estimate of drug-likeness (QED) is 0.373. The predicted molar refractivity (Wildman–Crippen MR) is 99.3 cm³/mol. The monoisotopic (exact) mass is 400 g/mol. The maximum Gasteiger partial charge on any atom is 1.00 e. The fraction of sp³-hybridized carbons (Fsp3) is 0.400. The largest absolute Gasteiger partial charge is 1.00 e. The number of aryl methyl sites for hydroxylation is 1. The van der Waals surface area contributed by atoms with E-state index < -0.39 is 10.1 Å². The van der Waals surface area contributed by atoms with Crippen molar-refractivity contribution < 1.29 is 52.4 Å². The van der Waals surface area contributed by atoms with Crippen LogP contribution in [0.1, 0.15) is 51.0 Å². The van der Waals surface area contributed by atoms with E-state index in [2.05, 4.69) is 6.92 Å². The summed E-state index contributed by atoms with van der Waals surface area (Å²) in [4.78, 5) is -0.218. The van der Waals surface area contributed by atoms with Gasteiger partial charge in [0.05, 0.1) is 0 Å². The van der Waals surface area contributed by atoms with Gasteiger partial charge in [-0.25, -0.2) is 0 Å². The fourth-order valence-electron chi connectivity index (χ4n) is 2.89. The standard InChI is InChI=1S/C20H26O5S.Na/c1-2-3-4-5-6-7-10-16-11-8-14-19(20(16)26(22,23)24)25-18-13-9-12-17(21)15-18;/h8-9,11-15,21H,2-7,10H2,1H3,(H,22,23,24);/q;+1/p-1. The molecule has 2 aromatic rings. The Hall–Kier alpha value is -1.05. The summed E-state index contributed by atoms with van der Waals surface area (Å²) in [5.41, 5.74) is 0.527. The second kappa shape index (κ2) is 11.7. The van der Waals surface area contributed by atoms with Crippen LogP contribution in [0.2, 0.25) is 0 Å². The maximum atomic E-state index is 11.9. The van der Waals surface area contributed by atoms with Gasteiger partial charge in [0.15, 0.2) is 0 Å². The Balaban J connectivity index is 0.00000364. The number of hydrogen-bond donors (Lipinski definition) is 1. The zero-order valence-electron chi connectivity index (χ0n) is 16.0. The summed E-state index contributed by atoms with van der Waals surface area (Å²) in [7, 11) is -4.45. The molecule has 5 nitrogen and oxygen atoms in total. The van der Waals surface area contributed by atoms with E-state index >= 15 is 0 Å². The SMILES string of the molecule is CCCCCCCCc1cccc(Oc2cccc([O-])c2)c1S(=O)(=O)O.[Na+]. The molecule has 2 rings (SSSR count). The van der Waals surface area contributed by atoms with Gasteiger partial charge in [-0.05, 0) is 36.6 Å². The Morgan fingerprint density at radius 3 is 2.33 bits per heavy atom. The van der Waals surface area contributed by atoms with Crippen molar-refractivity contribution in [2.45, 2.75) is 56.8 Å². The number of ether oxygens (including phenoxy) is 1. The molecule has 2 aromatic carbocycles. The third-order valence-electron chi connectivity index (χ3n) is 4.15. The molecule has 0 aliphatic heterocycles. The van der Waals surface area contributed by atoms with Crippen molar-refractivity contribution in [1.82, 2.24) is 0 Å². The summed E-state index contributed by atoms with van der Waals surface area (Å²) < 4.78 is 39.1. The summed E-state index contributed by atoms with van der Waals surface area (Å²) in [6.07, 6.45) is 7.06. The van der Waals surface area contributed by atoms with E-state index in [1.165, 1.54) is 43.5 Å². The summed E-state index contributed by atoms with van der Waals surface area (Å²) in [6, 6.07) is 10.6. The van der Waals surface area contributed by atoms with Gasteiger partial charge in [-0.2, -0.15) is 8.42 Å². The molecule has 0 amide bonds. The molecule has 142 valence electrons. The van der Waals surface area contributed by atoms with Crippen LogP contribution >= 0.6 is 0 Å². The second-order valence-electron chi connectivity index (χ2n) is 6.31. The first-order valence-electron chi connectivity index (χ1n) is 8.96. The van der Waals surface area contributed by atoms with Crippen LogP contribution in [-0.4, -0.2) is 13.0 Å². The van der Waals surface area contributed by atoms with E-state index in [1.807, 2.05) is 0 Å². The van der Waals surface area contributed by atoms with E-state index in [-0.39, 0.29) is 51.7 Å². The van der Waals surface area contributed by atoms with Gasteiger partial charge in [0.1, 0.15) is 16.4 Å². The summed E-state index contributed by atoms with van der Waals surface area (Å²) in [6.45, 7) is 2.16. The summed E-state index contributed by atoms with van der Waals surface area (Å²) >= 11 is 0. The van der Waals surface area contributed by atoms with Gasteiger partial charge in [0.25, 0.3) is 10.1 Å². The van der Waals surface area contributed by atoms with Gasteiger partial charge in [-0.1, -0.05) is 63.3 Å². The van der Waals surface area contributed by atoms with E-state index in [1.54, 1.807) is 18.2 Å². The first-order chi connectivity index (χ1) is 12.4. The summed E-state index contributed by atoms with van der Waals surface area (Å²) in [5.74, 6) is 0.0276. The molecule has 0 saturated heterocycles. The van der Waals surface area contributed by atoms with Crippen LogP contribution in [0.4, 0.5) is 0 Å². The van der Waals surface area contributed by atoms with Gasteiger partial charge in [0.2, 0.25) is 0 Å². The zero-order chi connectivity index (χ0) is 19.0. The van der Waals surface area contributed by atoms with Crippen LogP contribution in [0.3, 0.4) is 0 Å². The zero-order valence-corrected chi connectivity index (χ0v) is 18.8. The van der Waals surface area contributed by atoms with Crippen LogP contribution < -0.4 is 39.4 Å². The molecule has 0 bridgehead atoms. The third-order valence-corrected chi connectivity index (χ3v) is 5.13. The molecule has 0 radical (unpaired) electrons. The molecule has 0 unspecified atom stereocenters. The number of rotatable bonds is 10. The van der Waals surface area contributed by atoms with Crippen LogP contribution in [-0.2, 0) is 16.5 Å². The topological polar surface area (TPSA) is 86.7 Å². The van der Waals surface area contributed by atoms with E-state index in [4.69, 9.17) is 4.74 Å². The Kier molecular flexibility index (Phi) is 10.4. The predicted octanol–water partition coefficient (Wildman–Crippen LogP) is 1.71. The normalized spacial score (nSPS) is 11.0. The molecule has 0 aromatic heterocycles. The van der Waals surface area contributed by atoms with Crippen molar-refractivity contribution in [2.75, 3.05) is 0 Å². The first-order valence-corrected chi connectivity index (χ1v) is 10.4. The minimum atomic E-state index is -4.45. The minimum Gasteiger partial charge on any atom is -0.872 e. The third kappa shape index (κ3) is 7.84. The van der Waals surface area contributed by atoms with Crippen molar-refractivity contribution in [2.24, 2.45) is 0 Å². The van der Waals surface area contributed by atoms with Crippen molar-refractivity contribution in [3.63, 3.8) is 0 Å². The Bertz CT molecular complexity index is 821. The smallest absolute Gasteiger partial charge is 0.872 e. The average molecular weight is 400 g/mol. The van der Waals surface area contributed by atoms with Crippen molar-refractivity contribution in [3.8, 4) is 17.2 Å². The van der Waals surface area contributed by atoms with Gasteiger partial charge in [-0.15, -0.1) is 5.75 Å². The minimum absolute atomic E-state index is 0. The maximum absolute atomic E-state index is 11.9. The molecule has 0 spiro atoms. The van der Waals surface area contributed by atoms with Gasteiger partial charge in [0, 0.05) is 0 Å². The van der Waals surface area contributed by atoms with E-state index in [9.17, 15) is 18.1 Å². The molecule has 0 heterocycles. The van der Waals surface area contributed by atoms with Gasteiger partial charge in [-0.3, -0.25) is 4.55 Å². The number of hydrogen-bond acceptors (Lipinski definition) is 4. The molecule has 27 heavy (non-hydrogen) atoms. The fourth-order valence-corrected chi connectivity index (χ4v) is 3.76. The van der Waals surface area contributed by atoms with Crippen molar-refractivity contribution in [1.29, 1.82) is 0 Å². The molecule has 0 fully saturated rings. The molecular formula is C20H25NaO5S. The molecule has 0 atom stereocenters. The van der Waals surface area contributed by atoms with Crippen LogP contribution in [0.25, 0.3) is 0 Å². The van der Waals surface area contributed by atoms with E-state index in [0.717, 1.165) is 19.3 Å². The second-order valence-corrected chi connectivity index (χ2v) is 7.67. The first kappa shape index (κ1) is 24.0. The number of benzene rings is 2. The summed E-state index contributed by atoms with van der Waals surface area (Å²) in [5, 5.41) is 11.4. The number of unbranched alkanes of at least 4 members (excludes halogenated alkanes) is 5. The molecule has 0 aliphatic carbocycles. The van der Waals surface area contributed by atoms with Crippen LogP contribution in [0.5, 0.6) is 17.2 Å². The Morgan fingerprint density at radius 2 is 1.67 bits per heavy atom. The molecule has 7 heteroatoms. The Labute approximate surface area is 183 Å². The Morgan fingerprint density at radius 1 is 1.00 bits per heavy atom. The van der Waals surface area contributed by atoms with Crippen LogP contribution in [0.15, 0.2) is 47.4 Å².